The first-order valence-electron chi connectivity index (χ1n) is 8.04. The van der Waals surface area contributed by atoms with E-state index >= 15 is 0 Å². The predicted molar refractivity (Wildman–Crippen MR) is 83.5 cm³/mol. The second kappa shape index (κ2) is 7.21. The first-order valence-corrected chi connectivity index (χ1v) is 8.04. The van der Waals surface area contributed by atoms with Gasteiger partial charge in [0.15, 0.2) is 0 Å². The summed E-state index contributed by atoms with van der Waals surface area (Å²) in [4.78, 5) is 0. The Bertz CT molecular complexity index is 427. The monoisotopic (exact) mass is 277 g/mol. The molecule has 2 heteroatoms. The molecule has 1 N–H and O–H groups in total. The highest BCUT2D eigenvalue weighted by Gasteiger charge is 2.27. The normalized spacial score (nSPS) is 23.2. The van der Waals surface area contributed by atoms with Crippen molar-refractivity contribution in [2.75, 3.05) is 13.1 Å². The van der Waals surface area contributed by atoms with Crippen LogP contribution >= 0.6 is 0 Å². The Kier molecular flexibility index (Phi) is 5.59. The van der Waals surface area contributed by atoms with Gasteiger partial charge in [-0.15, -0.1) is 0 Å². The van der Waals surface area contributed by atoms with Gasteiger partial charge in [0.05, 0.1) is 0 Å². The Morgan fingerprint density at radius 3 is 2.75 bits per heavy atom. The van der Waals surface area contributed by atoms with E-state index in [2.05, 4.69) is 26.1 Å². The van der Waals surface area contributed by atoms with E-state index in [9.17, 15) is 4.39 Å². The predicted octanol–water partition coefficient (Wildman–Crippen LogP) is 4.65. The van der Waals surface area contributed by atoms with E-state index in [1.165, 1.54) is 36.8 Å². The molecular weight excluding hydrogens is 249 g/mol. The minimum absolute atomic E-state index is 0.0925. The van der Waals surface area contributed by atoms with E-state index in [1.807, 2.05) is 6.07 Å². The Hall–Kier alpha value is -0.890. The highest BCUT2D eigenvalue weighted by atomic mass is 19.1. The van der Waals surface area contributed by atoms with Crippen LogP contribution in [0.3, 0.4) is 0 Å². The molecule has 0 saturated heterocycles. The van der Waals surface area contributed by atoms with Crippen molar-refractivity contribution in [2.45, 2.75) is 52.4 Å². The standard InChI is InChI=1S/C18H28FN/c1-13(2)11-20-12-15-6-4-5-7-17(15)18-10-16(19)9-8-14(18)3/h8-10,13,15,17,20H,4-7,11-12H2,1-3H3. The van der Waals surface area contributed by atoms with E-state index in [4.69, 9.17) is 0 Å². The van der Waals surface area contributed by atoms with Crippen LogP contribution in [0.15, 0.2) is 18.2 Å². The van der Waals surface area contributed by atoms with Gasteiger partial charge in [0.1, 0.15) is 5.82 Å². The zero-order valence-electron chi connectivity index (χ0n) is 13.1. The van der Waals surface area contributed by atoms with Crippen molar-refractivity contribution in [3.05, 3.63) is 35.1 Å². The van der Waals surface area contributed by atoms with Gasteiger partial charge in [0.25, 0.3) is 0 Å². The maximum absolute atomic E-state index is 13.6. The van der Waals surface area contributed by atoms with Gasteiger partial charge in [0.2, 0.25) is 0 Å². The highest BCUT2D eigenvalue weighted by molar-refractivity contribution is 5.31. The molecule has 0 heterocycles. The van der Waals surface area contributed by atoms with Crippen molar-refractivity contribution in [1.82, 2.24) is 5.32 Å². The van der Waals surface area contributed by atoms with Crippen molar-refractivity contribution < 1.29 is 4.39 Å². The fourth-order valence-electron chi connectivity index (χ4n) is 3.43. The number of hydrogen-bond donors (Lipinski definition) is 1. The molecule has 1 aromatic carbocycles. The molecule has 1 aromatic rings. The number of hydrogen-bond acceptors (Lipinski definition) is 1. The van der Waals surface area contributed by atoms with Crippen LogP contribution in [0.4, 0.5) is 4.39 Å². The summed E-state index contributed by atoms with van der Waals surface area (Å²) in [6, 6.07) is 5.27. The van der Waals surface area contributed by atoms with Crippen LogP contribution in [0, 0.1) is 24.6 Å². The Morgan fingerprint density at radius 1 is 1.25 bits per heavy atom. The molecule has 1 fully saturated rings. The molecule has 0 spiro atoms. The fourth-order valence-corrected chi connectivity index (χ4v) is 3.43. The van der Waals surface area contributed by atoms with Gasteiger partial charge in [-0.05, 0) is 73.9 Å². The van der Waals surface area contributed by atoms with Crippen LogP contribution in [0.5, 0.6) is 0 Å². The lowest BCUT2D eigenvalue weighted by Gasteiger charge is -2.33. The molecule has 1 aliphatic rings. The molecule has 0 bridgehead atoms. The van der Waals surface area contributed by atoms with E-state index < -0.39 is 0 Å². The summed E-state index contributed by atoms with van der Waals surface area (Å²) < 4.78 is 13.6. The van der Waals surface area contributed by atoms with Crippen LogP contribution in [0.2, 0.25) is 0 Å². The van der Waals surface area contributed by atoms with Crippen LogP contribution in [0.25, 0.3) is 0 Å². The molecule has 20 heavy (non-hydrogen) atoms. The zero-order valence-corrected chi connectivity index (χ0v) is 13.1. The van der Waals surface area contributed by atoms with Crippen molar-refractivity contribution in [3.8, 4) is 0 Å². The molecule has 0 aromatic heterocycles. The lowest BCUT2D eigenvalue weighted by molar-refractivity contribution is 0.291. The number of benzene rings is 1. The first kappa shape index (κ1) is 15.5. The molecule has 112 valence electrons. The summed E-state index contributed by atoms with van der Waals surface area (Å²) in [6.45, 7) is 8.73. The van der Waals surface area contributed by atoms with Gasteiger partial charge in [-0.3, -0.25) is 0 Å². The number of halogens is 1. The van der Waals surface area contributed by atoms with Gasteiger partial charge >= 0.3 is 0 Å². The molecule has 2 unspecified atom stereocenters. The lowest BCUT2D eigenvalue weighted by atomic mass is 9.74. The summed E-state index contributed by atoms with van der Waals surface area (Å²) >= 11 is 0. The van der Waals surface area contributed by atoms with E-state index in [0.29, 0.717) is 17.8 Å². The maximum atomic E-state index is 13.6. The summed E-state index contributed by atoms with van der Waals surface area (Å²) in [6.07, 6.45) is 5.07. The van der Waals surface area contributed by atoms with Gasteiger partial charge in [-0.25, -0.2) is 4.39 Å². The third-order valence-corrected chi connectivity index (χ3v) is 4.51. The fraction of sp³-hybridized carbons (Fsp3) is 0.667. The largest absolute Gasteiger partial charge is 0.316 e. The van der Waals surface area contributed by atoms with E-state index in [-0.39, 0.29) is 5.82 Å². The van der Waals surface area contributed by atoms with Crippen molar-refractivity contribution >= 4 is 0 Å². The van der Waals surface area contributed by atoms with Crippen molar-refractivity contribution in [1.29, 1.82) is 0 Å². The Labute approximate surface area is 123 Å². The Balaban J connectivity index is 2.07. The summed E-state index contributed by atoms with van der Waals surface area (Å²) in [5.74, 6) is 1.78. The first-order chi connectivity index (χ1) is 9.58. The van der Waals surface area contributed by atoms with E-state index in [1.54, 1.807) is 12.1 Å². The van der Waals surface area contributed by atoms with Crippen LogP contribution in [0.1, 0.15) is 56.6 Å². The van der Waals surface area contributed by atoms with Gasteiger partial charge in [0, 0.05) is 0 Å². The summed E-state index contributed by atoms with van der Waals surface area (Å²) in [7, 11) is 0. The average molecular weight is 277 g/mol. The smallest absolute Gasteiger partial charge is 0.123 e. The SMILES string of the molecule is Cc1ccc(F)cc1C1CCCCC1CNCC(C)C. The summed E-state index contributed by atoms with van der Waals surface area (Å²) in [5.41, 5.74) is 2.48. The van der Waals surface area contributed by atoms with Gasteiger partial charge in [-0.2, -0.15) is 0 Å². The lowest BCUT2D eigenvalue weighted by Crippen LogP contribution is -2.31. The second-order valence-corrected chi connectivity index (χ2v) is 6.70. The minimum atomic E-state index is -0.0925. The van der Waals surface area contributed by atoms with Crippen LogP contribution in [-0.4, -0.2) is 13.1 Å². The topological polar surface area (TPSA) is 12.0 Å². The van der Waals surface area contributed by atoms with Crippen molar-refractivity contribution in [3.63, 3.8) is 0 Å². The Morgan fingerprint density at radius 2 is 2.00 bits per heavy atom. The van der Waals surface area contributed by atoms with Gasteiger partial charge in [-0.1, -0.05) is 32.8 Å². The zero-order chi connectivity index (χ0) is 14.5. The number of aryl methyl sites for hydroxylation is 1. The number of rotatable bonds is 5. The summed E-state index contributed by atoms with van der Waals surface area (Å²) in [5, 5.41) is 3.59. The molecule has 0 aliphatic heterocycles. The molecule has 1 nitrogen and oxygen atoms in total. The third kappa shape index (κ3) is 4.05. The molecule has 2 atom stereocenters. The quantitative estimate of drug-likeness (QED) is 0.826. The second-order valence-electron chi connectivity index (χ2n) is 6.70. The number of nitrogens with one attached hydrogen (secondary N) is 1. The molecule has 0 amide bonds. The van der Waals surface area contributed by atoms with Gasteiger partial charge < -0.3 is 5.32 Å². The maximum Gasteiger partial charge on any atom is 0.123 e. The third-order valence-electron chi connectivity index (χ3n) is 4.51. The molecular formula is C18H28FN. The molecule has 0 radical (unpaired) electrons. The highest BCUT2D eigenvalue weighted by Crippen LogP contribution is 2.39. The molecule has 2 rings (SSSR count). The van der Waals surface area contributed by atoms with E-state index in [0.717, 1.165) is 13.1 Å². The minimum Gasteiger partial charge on any atom is -0.316 e. The van der Waals surface area contributed by atoms with Crippen LogP contribution < -0.4 is 5.32 Å². The molecule has 1 aliphatic carbocycles. The average Bonchev–Trinajstić information content (AvgIpc) is 2.42. The molecule has 1 saturated carbocycles. The van der Waals surface area contributed by atoms with Crippen molar-refractivity contribution in [2.24, 2.45) is 11.8 Å². The van der Waals surface area contributed by atoms with Crippen LogP contribution in [-0.2, 0) is 0 Å².